The van der Waals surface area contributed by atoms with E-state index in [4.69, 9.17) is 13.9 Å². The lowest BCUT2D eigenvalue weighted by molar-refractivity contribution is 0.226. The maximum Gasteiger partial charge on any atom is 0.247 e. The number of ether oxygens (including phenoxy) is 2. The molecule has 0 amide bonds. The van der Waals surface area contributed by atoms with Gasteiger partial charge in [0.05, 0.1) is 20.8 Å². The van der Waals surface area contributed by atoms with Gasteiger partial charge >= 0.3 is 0 Å². The highest BCUT2D eigenvalue weighted by Gasteiger charge is 2.21. The number of benzene rings is 1. The van der Waals surface area contributed by atoms with Crippen LogP contribution in [0, 0.1) is 0 Å². The van der Waals surface area contributed by atoms with Crippen molar-refractivity contribution in [3.8, 4) is 23.0 Å². The summed E-state index contributed by atoms with van der Waals surface area (Å²) in [7, 11) is 3.20. The SMILES string of the molecule is COc1ccc(-c2nnc(CN3CCN(c4ncccn4)CC3)o2)cc1OC. The zero-order chi connectivity index (χ0) is 19.3. The van der Waals surface area contributed by atoms with Crippen LogP contribution in [0.5, 0.6) is 11.5 Å². The van der Waals surface area contributed by atoms with E-state index < -0.39 is 0 Å². The second-order valence-electron chi connectivity index (χ2n) is 6.38. The molecule has 0 bridgehead atoms. The molecule has 3 aromatic rings. The smallest absolute Gasteiger partial charge is 0.247 e. The first-order chi connectivity index (χ1) is 13.8. The molecule has 0 N–H and O–H groups in total. The quantitative estimate of drug-likeness (QED) is 0.634. The average molecular weight is 382 g/mol. The number of rotatable bonds is 6. The number of hydrogen-bond acceptors (Lipinski definition) is 9. The van der Waals surface area contributed by atoms with Gasteiger partial charge in [0.15, 0.2) is 11.5 Å². The normalized spacial score (nSPS) is 14.9. The van der Waals surface area contributed by atoms with E-state index in [0.717, 1.165) is 37.7 Å². The molecular weight excluding hydrogens is 360 g/mol. The maximum absolute atomic E-state index is 5.86. The molecule has 0 unspecified atom stereocenters. The Morgan fingerprint density at radius 2 is 1.71 bits per heavy atom. The van der Waals surface area contributed by atoms with Gasteiger partial charge in [0.25, 0.3) is 0 Å². The number of anilines is 1. The predicted octanol–water partition coefficient (Wildman–Crippen LogP) is 1.87. The Labute approximate surface area is 162 Å². The molecule has 1 aromatic carbocycles. The first-order valence-electron chi connectivity index (χ1n) is 9.06. The van der Waals surface area contributed by atoms with Crippen molar-refractivity contribution in [1.29, 1.82) is 0 Å². The molecule has 1 aliphatic heterocycles. The van der Waals surface area contributed by atoms with E-state index in [-0.39, 0.29) is 0 Å². The number of aromatic nitrogens is 4. The molecule has 9 heteroatoms. The Hall–Kier alpha value is -3.20. The fraction of sp³-hybridized carbons (Fsp3) is 0.368. The lowest BCUT2D eigenvalue weighted by Crippen LogP contribution is -2.46. The van der Waals surface area contributed by atoms with E-state index in [1.54, 1.807) is 26.6 Å². The van der Waals surface area contributed by atoms with Crippen LogP contribution in [0.2, 0.25) is 0 Å². The van der Waals surface area contributed by atoms with Crippen molar-refractivity contribution in [2.45, 2.75) is 6.54 Å². The second kappa shape index (κ2) is 8.22. The lowest BCUT2D eigenvalue weighted by atomic mass is 10.2. The third-order valence-electron chi connectivity index (χ3n) is 4.66. The van der Waals surface area contributed by atoms with Crippen LogP contribution in [-0.4, -0.2) is 65.5 Å². The molecule has 1 aliphatic rings. The molecule has 0 atom stereocenters. The van der Waals surface area contributed by atoms with Crippen LogP contribution in [0.1, 0.15) is 5.89 Å². The zero-order valence-electron chi connectivity index (χ0n) is 15.9. The van der Waals surface area contributed by atoms with Gasteiger partial charge in [-0.1, -0.05) is 0 Å². The first kappa shape index (κ1) is 18.2. The summed E-state index contributed by atoms with van der Waals surface area (Å²) < 4.78 is 16.5. The van der Waals surface area contributed by atoms with Crippen molar-refractivity contribution in [1.82, 2.24) is 25.1 Å². The number of methoxy groups -OCH3 is 2. The Bertz CT molecular complexity index is 909. The summed E-state index contributed by atoms with van der Waals surface area (Å²) in [6.07, 6.45) is 3.53. The summed E-state index contributed by atoms with van der Waals surface area (Å²) in [4.78, 5) is 13.1. The molecule has 0 aliphatic carbocycles. The van der Waals surface area contributed by atoms with Crippen LogP contribution in [-0.2, 0) is 6.54 Å². The molecule has 1 saturated heterocycles. The minimum atomic E-state index is 0.465. The van der Waals surface area contributed by atoms with Gasteiger partial charge in [0.1, 0.15) is 0 Å². The van der Waals surface area contributed by atoms with E-state index in [9.17, 15) is 0 Å². The molecule has 1 fully saturated rings. The van der Waals surface area contributed by atoms with Gasteiger partial charge in [-0.3, -0.25) is 4.90 Å². The predicted molar refractivity (Wildman–Crippen MR) is 102 cm³/mol. The topological polar surface area (TPSA) is 89.6 Å². The molecule has 3 heterocycles. The highest BCUT2D eigenvalue weighted by Crippen LogP contribution is 2.31. The Kier molecular flexibility index (Phi) is 5.34. The van der Waals surface area contributed by atoms with Crippen molar-refractivity contribution in [2.75, 3.05) is 45.3 Å². The minimum Gasteiger partial charge on any atom is -0.493 e. The van der Waals surface area contributed by atoms with Gasteiger partial charge in [0, 0.05) is 44.1 Å². The van der Waals surface area contributed by atoms with E-state index >= 15 is 0 Å². The molecule has 9 nitrogen and oxygen atoms in total. The molecule has 28 heavy (non-hydrogen) atoms. The monoisotopic (exact) mass is 382 g/mol. The summed E-state index contributed by atoms with van der Waals surface area (Å²) in [6.45, 7) is 4.10. The van der Waals surface area contributed by atoms with Crippen molar-refractivity contribution in [3.05, 3.63) is 42.5 Å². The summed E-state index contributed by atoms with van der Waals surface area (Å²) in [5.74, 6) is 3.11. The maximum atomic E-state index is 5.86. The summed E-state index contributed by atoms with van der Waals surface area (Å²) in [6, 6.07) is 7.35. The molecule has 0 spiro atoms. The van der Waals surface area contributed by atoms with Crippen LogP contribution >= 0.6 is 0 Å². The van der Waals surface area contributed by atoms with Gasteiger partial charge < -0.3 is 18.8 Å². The van der Waals surface area contributed by atoms with Crippen LogP contribution < -0.4 is 14.4 Å². The minimum absolute atomic E-state index is 0.465. The highest BCUT2D eigenvalue weighted by molar-refractivity contribution is 5.59. The summed E-state index contributed by atoms with van der Waals surface area (Å²) >= 11 is 0. The molecule has 2 aromatic heterocycles. The fourth-order valence-corrected chi connectivity index (χ4v) is 3.16. The Morgan fingerprint density at radius 3 is 2.43 bits per heavy atom. The molecule has 4 rings (SSSR count). The van der Waals surface area contributed by atoms with E-state index in [1.165, 1.54) is 0 Å². The van der Waals surface area contributed by atoms with Gasteiger partial charge in [-0.2, -0.15) is 0 Å². The number of nitrogens with zero attached hydrogens (tertiary/aromatic N) is 6. The summed E-state index contributed by atoms with van der Waals surface area (Å²) in [5.41, 5.74) is 0.794. The fourth-order valence-electron chi connectivity index (χ4n) is 3.16. The van der Waals surface area contributed by atoms with Crippen molar-refractivity contribution < 1.29 is 13.9 Å². The molecule has 0 radical (unpaired) electrons. The van der Waals surface area contributed by atoms with Gasteiger partial charge in [-0.05, 0) is 24.3 Å². The third-order valence-corrected chi connectivity index (χ3v) is 4.66. The van der Waals surface area contributed by atoms with Crippen molar-refractivity contribution >= 4 is 5.95 Å². The van der Waals surface area contributed by atoms with E-state index in [2.05, 4.69) is 30.0 Å². The van der Waals surface area contributed by atoms with Crippen molar-refractivity contribution in [2.24, 2.45) is 0 Å². The highest BCUT2D eigenvalue weighted by atomic mass is 16.5. The third kappa shape index (κ3) is 3.89. The standard InChI is InChI=1S/C19H22N6O3/c1-26-15-5-4-14(12-16(15)27-2)18-23-22-17(28-18)13-24-8-10-25(11-9-24)19-20-6-3-7-21-19/h3-7,12H,8-11,13H2,1-2H3. The van der Waals surface area contributed by atoms with E-state index in [1.807, 2.05) is 24.3 Å². The van der Waals surface area contributed by atoms with Gasteiger partial charge in [-0.25, -0.2) is 9.97 Å². The zero-order valence-corrected chi connectivity index (χ0v) is 15.9. The Morgan fingerprint density at radius 1 is 0.964 bits per heavy atom. The van der Waals surface area contributed by atoms with Crippen molar-refractivity contribution in [3.63, 3.8) is 0 Å². The Balaban J connectivity index is 1.38. The number of piperazine rings is 1. The van der Waals surface area contributed by atoms with Crippen LogP contribution in [0.3, 0.4) is 0 Å². The van der Waals surface area contributed by atoms with Gasteiger partial charge in [-0.15, -0.1) is 10.2 Å². The molecule has 0 saturated carbocycles. The summed E-state index contributed by atoms with van der Waals surface area (Å²) in [5, 5.41) is 8.37. The van der Waals surface area contributed by atoms with Gasteiger partial charge in [0.2, 0.25) is 17.7 Å². The molecule has 146 valence electrons. The lowest BCUT2D eigenvalue weighted by Gasteiger charge is -2.33. The van der Waals surface area contributed by atoms with E-state index in [0.29, 0.717) is 29.8 Å². The average Bonchev–Trinajstić information content (AvgIpc) is 3.23. The van der Waals surface area contributed by atoms with Crippen LogP contribution in [0.25, 0.3) is 11.5 Å². The largest absolute Gasteiger partial charge is 0.493 e. The van der Waals surface area contributed by atoms with Crippen LogP contribution in [0.4, 0.5) is 5.95 Å². The number of hydrogen-bond donors (Lipinski definition) is 0. The molecular formula is C19H22N6O3. The first-order valence-corrected chi connectivity index (χ1v) is 9.06. The second-order valence-corrected chi connectivity index (χ2v) is 6.38. The van der Waals surface area contributed by atoms with Crippen LogP contribution in [0.15, 0.2) is 41.1 Å².